The van der Waals surface area contributed by atoms with E-state index < -0.39 is 0 Å². The average molecular weight is 401 g/mol. The molecule has 0 bridgehead atoms. The summed E-state index contributed by atoms with van der Waals surface area (Å²) in [6.45, 7) is 0. The van der Waals surface area contributed by atoms with Gasteiger partial charge in [-0.15, -0.1) is 11.3 Å². The zero-order valence-corrected chi connectivity index (χ0v) is 15.6. The molecule has 5 aromatic heterocycles. The normalized spacial score (nSPS) is 11.6. The lowest BCUT2D eigenvalue weighted by Gasteiger charge is -1.99. The van der Waals surface area contributed by atoms with Gasteiger partial charge in [-0.1, -0.05) is 6.07 Å². The number of H-pyrrole nitrogens is 3. The molecule has 0 saturated carbocycles. The highest BCUT2D eigenvalue weighted by molar-refractivity contribution is 7.14. The number of hydrogen-bond acceptors (Lipinski definition) is 5. The number of aromatic amines is 3. The zero-order valence-electron chi connectivity index (χ0n) is 14.8. The van der Waals surface area contributed by atoms with Crippen LogP contribution < -0.4 is 0 Å². The number of benzene rings is 1. The Morgan fingerprint density at radius 1 is 1.03 bits per heavy atom. The maximum absolute atomic E-state index is 13.5. The summed E-state index contributed by atoms with van der Waals surface area (Å²) < 4.78 is 13.5. The molecule has 0 amide bonds. The van der Waals surface area contributed by atoms with Gasteiger partial charge < -0.3 is 4.98 Å². The van der Waals surface area contributed by atoms with Crippen molar-refractivity contribution in [3.8, 4) is 33.1 Å². The summed E-state index contributed by atoms with van der Waals surface area (Å²) in [6, 6.07) is 11.1. The fraction of sp³-hybridized carbons (Fsp3) is 0. The molecule has 9 heteroatoms. The van der Waals surface area contributed by atoms with E-state index in [4.69, 9.17) is 0 Å². The fourth-order valence-corrected chi connectivity index (χ4v) is 4.23. The quantitative estimate of drug-likeness (QED) is 0.398. The molecule has 0 aliphatic rings. The topological polar surface area (TPSA) is 98.9 Å². The van der Waals surface area contributed by atoms with Gasteiger partial charge >= 0.3 is 0 Å². The minimum atomic E-state index is -0.227. The molecular formula is C20H12FN7S. The minimum absolute atomic E-state index is 0.227. The van der Waals surface area contributed by atoms with Crippen LogP contribution in [0, 0.1) is 5.13 Å². The molecule has 6 rings (SSSR count). The molecular weight excluding hydrogens is 389 g/mol. The van der Waals surface area contributed by atoms with Gasteiger partial charge in [0.05, 0.1) is 17.2 Å². The second kappa shape index (κ2) is 6.08. The molecule has 5 heterocycles. The van der Waals surface area contributed by atoms with Crippen molar-refractivity contribution in [1.29, 1.82) is 0 Å². The molecule has 0 atom stereocenters. The first-order chi connectivity index (χ1) is 14.3. The lowest BCUT2D eigenvalue weighted by Crippen LogP contribution is -1.82. The predicted octanol–water partition coefficient (Wildman–Crippen LogP) is 4.76. The second-order valence-electron chi connectivity index (χ2n) is 6.57. The van der Waals surface area contributed by atoms with Crippen molar-refractivity contribution in [2.45, 2.75) is 0 Å². The van der Waals surface area contributed by atoms with Crippen molar-refractivity contribution in [1.82, 2.24) is 35.3 Å². The largest absolute Gasteiger partial charge is 0.335 e. The maximum atomic E-state index is 13.5. The van der Waals surface area contributed by atoms with Gasteiger partial charge in [-0.25, -0.2) is 9.97 Å². The van der Waals surface area contributed by atoms with Crippen molar-refractivity contribution in [2.24, 2.45) is 0 Å². The Balaban J connectivity index is 1.53. The molecule has 0 aliphatic heterocycles. The molecule has 1 aromatic carbocycles. The monoisotopic (exact) mass is 401 g/mol. The van der Waals surface area contributed by atoms with Crippen LogP contribution >= 0.6 is 11.3 Å². The number of aromatic nitrogens is 7. The highest BCUT2D eigenvalue weighted by Crippen LogP contribution is 2.34. The lowest BCUT2D eigenvalue weighted by molar-refractivity contribution is 0.657. The summed E-state index contributed by atoms with van der Waals surface area (Å²) in [4.78, 5) is 13.1. The standard InChI is InChI=1S/C20H12FN7S/c21-16-4-3-15(29-16)12-5-6-22-19-17(12)25-20(26-19)18-13-7-10(11-8-23-24-9-11)1-2-14(13)27-28-18/h1-9H,(H,23,24)(H,27,28)(H,22,25,26). The van der Waals surface area contributed by atoms with Gasteiger partial charge in [-0.05, 0) is 35.9 Å². The van der Waals surface area contributed by atoms with Gasteiger partial charge in [0.2, 0.25) is 0 Å². The summed E-state index contributed by atoms with van der Waals surface area (Å²) >= 11 is 1.09. The first-order valence-corrected chi connectivity index (χ1v) is 9.66. The number of rotatable bonds is 3. The maximum Gasteiger partial charge on any atom is 0.178 e. The Hall–Kier alpha value is -3.85. The Labute approximate surface area is 166 Å². The molecule has 7 nitrogen and oxygen atoms in total. The van der Waals surface area contributed by atoms with Gasteiger partial charge in [0, 0.05) is 33.8 Å². The van der Waals surface area contributed by atoms with Crippen LogP contribution in [0.2, 0.25) is 0 Å². The Bertz CT molecular complexity index is 1480. The highest BCUT2D eigenvalue weighted by Gasteiger charge is 2.17. The van der Waals surface area contributed by atoms with E-state index in [1.165, 1.54) is 6.07 Å². The molecule has 3 N–H and O–H groups in total. The molecule has 140 valence electrons. The molecule has 0 saturated heterocycles. The van der Waals surface area contributed by atoms with Crippen LogP contribution in [-0.2, 0) is 0 Å². The summed E-state index contributed by atoms with van der Waals surface area (Å²) in [5.74, 6) is 0.604. The average Bonchev–Trinajstić information content (AvgIpc) is 3.51. The van der Waals surface area contributed by atoms with Gasteiger partial charge in [0.1, 0.15) is 5.69 Å². The zero-order chi connectivity index (χ0) is 19.4. The first-order valence-electron chi connectivity index (χ1n) is 8.84. The van der Waals surface area contributed by atoms with E-state index in [1.54, 1.807) is 18.5 Å². The number of imidazole rings is 1. The molecule has 0 aliphatic carbocycles. The van der Waals surface area contributed by atoms with Crippen LogP contribution in [0.3, 0.4) is 0 Å². The van der Waals surface area contributed by atoms with Gasteiger partial charge in [-0.2, -0.15) is 14.6 Å². The van der Waals surface area contributed by atoms with E-state index in [2.05, 4.69) is 41.4 Å². The van der Waals surface area contributed by atoms with Crippen molar-refractivity contribution in [3.05, 3.63) is 60.1 Å². The third kappa shape index (κ3) is 2.55. The molecule has 0 spiro atoms. The molecule has 6 aromatic rings. The minimum Gasteiger partial charge on any atom is -0.335 e. The number of halogens is 1. The van der Waals surface area contributed by atoms with E-state index in [0.717, 1.165) is 49.3 Å². The number of pyridine rings is 1. The van der Waals surface area contributed by atoms with Crippen molar-refractivity contribution >= 4 is 33.4 Å². The van der Waals surface area contributed by atoms with Gasteiger partial charge in [-0.3, -0.25) is 10.2 Å². The predicted molar refractivity (Wildman–Crippen MR) is 110 cm³/mol. The molecule has 29 heavy (non-hydrogen) atoms. The van der Waals surface area contributed by atoms with Crippen molar-refractivity contribution in [2.75, 3.05) is 0 Å². The SMILES string of the molecule is Fc1ccc(-c2ccnc3nc(-c4n[nH]c5ccc(-c6cn[nH]c6)cc45)[nH]c23)s1. The highest BCUT2D eigenvalue weighted by atomic mass is 32.1. The molecule has 0 radical (unpaired) electrons. The number of nitrogens with zero attached hydrogens (tertiary/aromatic N) is 4. The van der Waals surface area contributed by atoms with Crippen LogP contribution in [0.1, 0.15) is 0 Å². The number of hydrogen-bond donors (Lipinski definition) is 3. The van der Waals surface area contributed by atoms with Crippen LogP contribution in [-0.4, -0.2) is 35.3 Å². The van der Waals surface area contributed by atoms with Gasteiger partial charge in [0.15, 0.2) is 16.6 Å². The summed E-state index contributed by atoms with van der Waals surface area (Å²) in [7, 11) is 0. The van der Waals surface area contributed by atoms with Crippen LogP contribution in [0.5, 0.6) is 0 Å². The van der Waals surface area contributed by atoms with Gasteiger partial charge in [0.25, 0.3) is 0 Å². The fourth-order valence-electron chi connectivity index (χ4n) is 3.47. The number of fused-ring (bicyclic) bond motifs is 2. The molecule has 0 fully saturated rings. The third-order valence-electron chi connectivity index (χ3n) is 4.85. The first kappa shape index (κ1) is 16.1. The van der Waals surface area contributed by atoms with E-state index in [9.17, 15) is 4.39 Å². The van der Waals surface area contributed by atoms with E-state index >= 15 is 0 Å². The van der Waals surface area contributed by atoms with Crippen LogP contribution in [0.25, 0.3) is 55.2 Å². The van der Waals surface area contributed by atoms with Crippen molar-refractivity contribution in [3.63, 3.8) is 0 Å². The number of nitrogens with one attached hydrogen (secondary N) is 3. The summed E-state index contributed by atoms with van der Waals surface area (Å²) in [5.41, 5.74) is 5.81. The van der Waals surface area contributed by atoms with Crippen molar-refractivity contribution < 1.29 is 4.39 Å². The summed E-state index contributed by atoms with van der Waals surface area (Å²) in [5, 5.41) is 15.1. The van der Waals surface area contributed by atoms with Crippen LogP contribution in [0.15, 0.2) is 55.0 Å². The van der Waals surface area contributed by atoms with E-state index in [0.29, 0.717) is 17.2 Å². The Morgan fingerprint density at radius 3 is 2.83 bits per heavy atom. The summed E-state index contributed by atoms with van der Waals surface area (Å²) in [6.07, 6.45) is 5.30. The second-order valence-corrected chi connectivity index (χ2v) is 7.60. The van der Waals surface area contributed by atoms with E-state index in [1.807, 2.05) is 24.4 Å². The Morgan fingerprint density at radius 2 is 2.00 bits per heavy atom. The number of thiophene rings is 1. The Kier molecular flexibility index (Phi) is 3.38. The smallest absolute Gasteiger partial charge is 0.178 e. The van der Waals surface area contributed by atoms with Crippen LogP contribution in [0.4, 0.5) is 4.39 Å². The lowest BCUT2D eigenvalue weighted by atomic mass is 10.1. The van der Waals surface area contributed by atoms with E-state index in [-0.39, 0.29) is 5.13 Å². The third-order valence-corrected chi connectivity index (χ3v) is 5.76. The molecule has 0 unspecified atom stereocenters.